The lowest BCUT2D eigenvalue weighted by molar-refractivity contribution is 0.0702. The van der Waals surface area contributed by atoms with Crippen molar-refractivity contribution in [2.45, 2.75) is 25.9 Å². The summed E-state index contributed by atoms with van der Waals surface area (Å²) in [5.41, 5.74) is 0.655. The Morgan fingerprint density at radius 1 is 1.33 bits per heavy atom. The summed E-state index contributed by atoms with van der Waals surface area (Å²) in [7, 11) is -3.09. The molecular formula is C18H21FN4O3S. The van der Waals surface area contributed by atoms with Crippen LogP contribution < -0.4 is 5.32 Å². The number of nitrogens with one attached hydrogen (secondary N) is 1. The van der Waals surface area contributed by atoms with Gasteiger partial charge in [0.05, 0.1) is 11.5 Å². The maximum atomic E-state index is 13.7. The predicted molar refractivity (Wildman–Crippen MR) is 99.5 cm³/mol. The fraction of sp³-hybridized carbons (Fsp3) is 0.389. The van der Waals surface area contributed by atoms with Gasteiger partial charge in [0.15, 0.2) is 9.84 Å². The predicted octanol–water partition coefficient (Wildman–Crippen LogP) is 1.88. The number of amides is 1. The van der Waals surface area contributed by atoms with E-state index < -0.39 is 9.84 Å². The minimum atomic E-state index is -3.09. The zero-order valence-electron chi connectivity index (χ0n) is 14.9. The van der Waals surface area contributed by atoms with E-state index in [1.807, 2.05) is 0 Å². The topological polar surface area (TPSA) is 92.3 Å². The van der Waals surface area contributed by atoms with Gasteiger partial charge in [-0.2, -0.15) is 0 Å². The lowest BCUT2D eigenvalue weighted by Crippen LogP contribution is -2.41. The van der Waals surface area contributed by atoms with E-state index in [-0.39, 0.29) is 41.5 Å². The van der Waals surface area contributed by atoms with Crippen LogP contribution in [0.3, 0.4) is 0 Å². The Kier molecular flexibility index (Phi) is 5.69. The Morgan fingerprint density at radius 2 is 2.11 bits per heavy atom. The molecule has 1 aromatic heterocycles. The summed E-state index contributed by atoms with van der Waals surface area (Å²) in [6.07, 6.45) is 1.70. The zero-order valence-corrected chi connectivity index (χ0v) is 15.7. The number of carbonyl (C=O) groups is 1. The summed E-state index contributed by atoms with van der Waals surface area (Å²) < 4.78 is 37.1. The number of halogens is 1. The third-order valence-corrected chi connectivity index (χ3v) is 6.31. The Labute approximate surface area is 157 Å². The quantitative estimate of drug-likeness (QED) is 0.807. The summed E-state index contributed by atoms with van der Waals surface area (Å²) >= 11 is 0. The molecule has 1 amide bonds. The molecule has 0 spiro atoms. The van der Waals surface area contributed by atoms with Crippen molar-refractivity contribution in [3.8, 4) is 0 Å². The summed E-state index contributed by atoms with van der Waals surface area (Å²) in [6.45, 7) is 2.41. The van der Waals surface area contributed by atoms with Crippen LogP contribution in [0.2, 0.25) is 0 Å². The number of rotatable bonds is 6. The molecule has 9 heteroatoms. The Morgan fingerprint density at radius 3 is 2.78 bits per heavy atom. The smallest absolute Gasteiger partial charge is 0.272 e. The maximum Gasteiger partial charge on any atom is 0.272 e. The van der Waals surface area contributed by atoms with Crippen molar-refractivity contribution >= 4 is 21.6 Å². The van der Waals surface area contributed by atoms with Crippen LogP contribution in [0.25, 0.3) is 0 Å². The number of hydrogen-bond donors (Lipinski definition) is 1. The van der Waals surface area contributed by atoms with E-state index in [0.29, 0.717) is 24.3 Å². The molecule has 2 heterocycles. The van der Waals surface area contributed by atoms with Crippen LogP contribution in [-0.2, 0) is 16.4 Å². The van der Waals surface area contributed by atoms with Gasteiger partial charge in [-0.1, -0.05) is 18.2 Å². The largest absolute Gasteiger partial charge is 0.366 e. The Bertz CT molecular complexity index is 936. The minimum absolute atomic E-state index is 0.0178. The number of aromatic nitrogens is 2. The van der Waals surface area contributed by atoms with E-state index in [1.165, 1.54) is 23.4 Å². The fourth-order valence-corrected chi connectivity index (χ4v) is 4.87. The van der Waals surface area contributed by atoms with E-state index >= 15 is 0 Å². The van der Waals surface area contributed by atoms with Crippen molar-refractivity contribution in [3.05, 3.63) is 53.7 Å². The molecule has 7 nitrogen and oxygen atoms in total. The highest BCUT2D eigenvalue weighted by atomic mass is 32.2. The Balaban J connectivity index is 1.72. The third kappa shape index (κ3) is 4.60. The van der Waals surface area contributed by atoms with Gasteiger partial charge in [0.2, 0.25) is 0 Å². The van der Waals surface area contributed by atoms with Crippen LogP contribution in [0.4, 0.5) is 10.2 Å². The monoisotopic (exact) mass is 392 g/mol. The van der Waals surface area contributed by atoms with Crippen LogP contribution in [0, 0.1) is 5.82 Å². The number of anilines is 1. The van der Waals surface area contributed by atoms with Gasteiger partial charge in [0.1, 0.15) is 23.7 Å². The molecule has 0 bridgehead atoms. The van der Waals surface area contributed by atoms with Gasteiger partial charge in [-0.3, -0.25) is 4.79 Å². The summed E-state index contributed by atoms with van der Waals surface area (Å²) in [5, 5.41) is 2.98. The molecule has 1 aromatic carbocycles. The second-order valence-corrected chi connectivity index (χ2v) is 8.61. The highest BCUT2D eigenvalue weighted by Crippen LogP contribution is 2.20. The van der Waals surface area contributed by atoms with Crippen LogP contribution in [0.1, 0.15) is 29.4 Å². The van der Waals surface area contributed by atoms with Crippen LogP contribution in [0.5, 0.6) is 0 Å². The first kappa shape index (κ1) is 19.2. The first-order valence-corrected chi connectivity index (χ1v) is 10.5. The standard InChI is InChI=1S/C18H21FN4O3S/c1-2-23(14-7-8-27(25,26)11-14)18(24)16-9-17(22-12-21-16)20-10-13-5-3-4-6-15(13)19/h3-6,9,12,14H,2,7-8,10-11H2,1H3,(H,20,21,22). The highest BCUT2D eigenvalue weighted by Gasteiger charge is 2.34. The van der Waals surface area contributed by atoms with Gasteiger partial charge < -0.3 is 10.2 Å². The first-order chi connectivity index (χ1) is 12.9. The van der Waals surface area contributed by atoms with Crippen LogP contribution >= 0.6 is 0 Å². The number of sulfone groups is 1. The molecule has 0 aliphatic carbocycles. The molecule has 1 unspecified atom stereocenters. The fourth-order valence-electron chi connectivity index (χ4n) is 3.13. The SMILES string of the molecule is CCN(C(=O)c1cc(NCc2ccccc2F)ncn1)C1CCS(=O)(=O)C1. The Hall–Kier alpha value is -2.55. The average molecular weight is 392 g/mol. The number of benzene rings is 1. The lowest BCUT2D eigenvalue weighted by atomic mass is 10.2. The van der Waals surface area contributed by atoms with Crippen LogP contribution in [-0.4, -0.2) is 53.3 Å². The van der Waals surface area contributed by atoms with Gasteiger partial charge in [-0.25, -0.2) is 22.8 Å². The zero-order chi connectivity index (χ0) is 19.4. The third-order valence-electron chi connectivity index (χ3n) is 4.55. The highest BCUT2D eigenvalue weighted by molar-refractivity contribution is 7.91. The van der Waals surface area contributed by atoms with Gasteiger partial charge in [0.25, 0.3) is 5.91 Å². The summed E-state index contributed by atoms with van der Waals surface area (Å²) in [6, 6.07) is 7.55. The molecule has 1 aliphatic rings. The minimum Gasteiger partial charge on any atom is -0.366 e. The number of nitrogens with zero attached hydrogens (tertiary/aromatic N) is 3. The molecule has 1 atom stereocenters. The normalized spacial score (nSPS) is 18.2. The van der Waals surface area contributed by atoms with E-state index in [1.54, 1.807) is 25.1 Å². The summed E-state index contributed by atoms with van der Waals surface area (Å²) in [4.78, 5) is 22.4. The van der Waals surface area contributed by atoms with Gasteiger partial charge >= 0.3 is 0 Å². The molecule has 1 N–H and O–H groups in total. The molecule has 1 saturated heterocycles. The molecule has 3 rings (SSSR count). The number of carbonyl (C=O) groups excluding carboxylic acids is 1. The molecule has 1 aliphatic heterocycles. The average Bonchev–Trinajstić information content (AvgIpc) is 3.01. The van der Waals surface area contributed by atoms with Crippen LogP contribution in [0.15, 0.2) is 36.7 Å². The van der Waals surface area contributed by atoms with Crippen molar-refractivity contribution in [2.75, 3.05) is 23.4 Å². The van der Waals surface area contributed by atoms with Crippen molar-refractivity contribution in [1.82, 2.24) is 14.9 Å². The molecule has 0 radical (unpaired) electrons. The molecule has 144 valence electrons. The molecule has 1 fully saturated rings. The van der Waals surface area contributed by atoms with E-state index in [9.17, 15) is 17.6 Å². The van der Waals surface area contributed by atoms with E-state index in [0.717, 1.165) is 0 Å². The molecular weight excluding hydrogens is 371 g/mol. The first-order valence-electron chi connectivity index (χ1n) is 8.70. The number of hydrogen-bond acceptors (Lipinski definition) is 6. The lowest BCUT2D eigenvalue weighted by Gasteiger charge is -2.26. The van der Waals surface area contributed by atoms with E-state index in [2.05, 4.69) is 15.3 Å². The molecule has 2 aromatic rings. The van der Waals surface area contributed by atoms with Gasteiger partial charge in [0, 0.05) is 30.8 Å². The maximum absolute atomic E-state index is 13.7. The van der Waals surface area contributed by atoms with Crippen molar-refractivity contribution in [3.63, 3.8) is 0 Å². The van der Waals surface area contributed by atoms with E-state index in [4.69, 9.17) is 0 Å². The molecule has 0 saturated carbocycles. The summed E-state index contributed by atoms with van der Waals surface area (Å²) in [5.74, 6) is -0.186. The van der Waals surface area contributed by atoms with Crippen molar-refractivity contribution < 1.29 is 17.6 Å². The van der Waals surface area contributed by atoms with Crippen molar-refractivity contribution in [1.29, 1.82) is 0 Å². The second kappa shape index (κ2) is 7.99. The second-order valence-electron chi connectivity index (χ2n) is 6.38. The van der Waals surface area contributed by atoms with Gasteiger partial charge in [-0.15, -0.1) is 0 Å². The van der Waals surface area contributed by atoms with Crippen molar-refractivity contribution in [2.24, 2.45) is 0 Å². The molecule has 27 heavy (non-hydrogen) atoms. The van der Waals surface area contributed by atoms with Gasteiger partial charge in [-0.05, 0) is 19.4 Å².